The number of nitrogens with zero attached hydrogens (tertiary/aromatic N) is 2. The van der Waals surface area contributed by atoms with E-state index in [-0.39, 0.29) is 5.91 Å². The first kappa shape index (κ1) is 19.8. The van der Waals surface area contributed by atoms with Crippen LogP contribution in [-0.4, -0.2) is 29.0 Å². The fraction of sp³-hybridized carbons (Fsp3) is 0.227. The number of amides is 1. The molecule has 0 aliphatic rings. The number of aromatic nitrogens is 2. The number of hydrogen-bond acceptors (Lipinski definition) is 4. The molecule has 144 valence electrons. The summed E-state index contributed by atoms with van der Waals surface area (Å²) in [6.45, 7) is 1.33. The van der Waals surface area contributed by atoms with Crippen LogP contribution in [0.1, 0.15) is 28.0 Å². The van der Waals surface area contributed by atoms with Crippen molar-refractivity contribution in [2.75, 3.05) is 18.4 Å². The van der Waals surface area contributed by atoms with Crippen LogP contribution in [0, 0.1) is 0 Å². The maximum absolute atomic E-state index is 12.2. The van der Waals surface area contributed by atoms with E-state index in [2.05, 4.69) is 32.7 Å². The Hall–Kier alpha value is -2.92. The molecular formula is C22H23ClN4O. The van der Waals surface area contributed by atoms with Crippen molar-refractivity contribution in [2.45, 2.75) is 19.3 Å². The van der Waals surface area contributed by atoms with Gasteiger partial charge in [-0.1, -0.05) is 54.1 Å². The van der Waals surface area contributed by atoms with Crippen LogP contribution in [-0.2, 0) is 12.8 Å². The fourth-order valence-electron chi connectivity index (χ4n) is 2.75. The minimum Gasteiger partial charge on any atom is -0.369 e. The Labute approximate surface area is 170 Å². The van der Waals surface area contributed by atoms with E-state index in [1.807, 2.05) is 42.5 Å². The molecule has 2 aromatic carbocycles. The van der Waals surface area contributed by atoms with Gasteiger partial charge in [0.1, 0.15) is 11.5 Å². The monoisotopic (exact) mass is 394 g/mol. The molecule has 0 saturated carbocycles. The maximum atomic E-state index is 12.2. The normalized spacial score (nSPS) is 10.5. The number of carbonyl (C=O) groups is 1. The standard InChI is InChI=1S/C22H23ClN4O/c23-19-10-8-18(9-11-19)12-14-25-22(28)20-15-27-21(16-26-20)24-13-4-7-17-5-2-1-3-6-17/h1-3,5-6,8-11,15-16H,4,7,12-14H2,(H,24,27)(H,25,28). The third kappa shape index (κ3) is 6.35. The van der Waals surface area contributed by atoms with E-state index >= 15 is 0 Å². The van der Waals surface area contributed by atoms with Crippen LogP contribution in [0.4, 0.5) is 5.82 Å². The first-order chi connectivity index (χ1) is 13.7. The molecule has 0 aliphatic carbocycles. The highest BCUT2D eigenvalue weighted by atomic mass is 35.5. The molecule has 0 bridgehead atoms. The Morgan fingerprint density at radius 1 is 0.857 bits per heavy atom. The Bertz CT molecular complexity index is 867. The molecule has 0 fully saturated rings. The average Bonchev–Trinajstić information content (AvgIpc) is 2.74. The Balaban J connectivity index is 1.38. The lowest BCUT2D eigenvalue weighted by molar-refractivity contribution is 0.0949. The van der Waals surface area contributed by atoms with Gasteiger partial charge in [-0.3, -0.25) is 4.79 Å². The molecule has 3 rings (SSSR count). The summed E-state index contributed by atoms with van der Waals surface area (Å²) in [5.41, 5.74) is 2.75. The van der Waals surface area contributed by atoms with Crippen LogP contribution in [0.5, 0.6) is 0 Å². The third-order valence-electron chi connectivity index (χ3n) is 4.29. The lowest BCUT2D eigenvalue weighted by Gasteiger charge is -2.07. The first-order valence-electron chi connectivity index (χ1n) is 9.33. The molecular weight excluding hydrogens is 372 g/mol. The molecule has 0 saturated heterocycles. The van der Waals surface area contributed by atoms with Gasteiger partial charge in [0, 0.05) is 18.1 Å². The van der Waals surface area contributed by atoms with E-state index in [1.54, 1.807) is 6.20 Å². The highest BCUT2D eigenvalue weighted by molar-refractivity contribution is 6.30. The van der Waals surface area contributed by atoms with E-state index in [0.717, 1.165) is 31.4 Å². The molecule has 5 nitrogen and oxygen atoms in total. The molecule has 6 heteroatoms. The van der Waals surface area contributed by atoms with Crippen LogP contribution in [0.25, 0.3) is 0 Å². The Kier molecular flexibility index (Phi) is 7.38. The molecule has 0 unspecified atom stereocenters. The van der Waals surface area contributed by atoms with Crippen molar-refractivity contribution in [1.29, 1.82) is 0 Å². The molecule has 2 N–H and O–H groups in total. The lowest BCUT2D eigenvalue weighted by Crippen LogP contribution is -2.26. The van der Waals surface area contributed by atoms with E-state index in [9.17, 15) is 4.79 Å². The smallest absolute Gasteiger partial charge is 0.271 e. The summed E-state index contributed by atoms with van der Waals surface area (Å²) in [5.74, 6) is 0.447. The minimum atomic E-state index is -0.225. The Morgan fingerprint density at radius 3 is 2.32 bits per heavy atom. The molecule has 3 aromatic rings. The predicted molar refractivity (Wildman–Crippen MR) is 113 cm³/mol. The van der Waals surface area contributed by atoms with Crippen LogP contribution in [0.15, 0.2) is 67.0 Å². The van der Waals surface area contributed by atoms with Crippen molar-refractivity contribution in [3.8, 4) is 0 Å². The number of nitrogens with one attached hydrogen (secondary N) is 2. The number of halogens is 1. The maximum Gasteiger partial charge on any atom is 0.271 e. The SMILES string of the molecule is O=C(NCCc1ccc(Cl)cc1)c1cnc(NCCCc2ccccc2)cn1. The van der Waals surface area contributed by atoms with Gasteiger partial charge in [-0.2, -0.15) is 0 Å². The number of carbonyl (C=O) groups excluding carboxylic acids is 1. The van der Waals surface area contributed by atoms with Crippen LogP contribution in [0.3, 0.4) is 0 Å². The largest absolute Gasteiger partial charge is 0.369 e. The summed E-state index contributed by atoms with van der Waals surface area (Å²) in [6.07, 6.45) is 5.83. The summed E-state index contributed by atoms with van der Waals surface area (Å²) < 4.78 is 0. The zero-order valence-corrected chi connectivity index (χ0v) is 16.3. The quantitative estimate of drug-likeness (QED) is 0.535. The second-order valence-electron chi connectivity index (χ2n) is 6.44. The van der Waals surface area contributed by atoms with Crippen molar-refractivity contribution in [2.24, 2.45) is 0 Å². The Morgan fingerprint density at radius 2 is 1.61 bits per heavy atom. The zero-order chi connectivity index (χ0) is 19.6. The molecule has 1 amide bonds. The topological polar surface area (TPSA) is 66.9 Å². The highest BCUT2D eigenvalue weighted by Gasteiger charge is 2.07. The van der Waals surface area contributed by atoms with Crippen molar-refractivity contribution >= 4 is 23.3 Å². The molecule has 1 heterocycles. The van der Waals surface area contributed by atoms with Gasteiger partial charge in [0.25, 0.3) is 5.91 Å². The highest BCUT2D eigenvalue weighted by Crippen LogP contribution is 2.09. The van der Waals surface area contributed by atoms with E-state index in [1.165, 1.54) is 11.8 Å². The molecule has 1 aromatic heterocycles. The lowest BCUT2D eigenvalue weighted by atomic mass is 10.1. The number of hydrogen-bond donors (Lipinski definition) is 2. The molecule has 0 spiro atoms. The van der Waals surface area contributed by atoms with Crippen LogP contribution < -0.4 is 10.6 Å². The summed E-state index contributed by atoms with van der Waals surface area (Å²) in [5, 5.41) is 6.80. The number of anilines is 1. The van der Waals surface area contributed by atoms with Crippen LogP contribution in [0.2, 0.25) is 5.02 Å². The number of rotatable bonds is 9. The van der Waals surface area contributed by atoms with Crippen molar-refractivity contribution in [3.05, 3.63) is 88.8 Å². The molecule has 28 heavy (non-hydrogen) atoms. The van der Waals surface area contributed by atoms with Gasteiger partial charge in [0.05, 0.1) is 12.4 Å². The van der Waals surface area contributed by atoms with Crippen molar-refractivity contribution < 1.29 is 4.79 Å². The third-order valence-corrected chi connectivity index (χ3v) is 4.54. The van der Waals surface area contributed by atoms with Gasteiger partial charge in [0.15, 0.2) is 0 Å². The molecule has 0 atom stereocenters. The molecule has 0 aliphatic heterocycles. The van der Waals surface area contributed by atoms with E-state index in [4.69, 9.17) is 11.6 Å². The van der Waals surface area contributed by atoms with E-state index < -0.39 is 0 Å². The molecule has 0 radical (unpaired) electrons. The van der Waals surface area contributed by atoms with Crippen LogP contribution >= 0.6 is 11.6 Å². The van der Waals surface area contributed by atoms with Gasteiger partial charge in [-0.25, -0.2) is 9.97 Å². The second-order valence-corrected chi connectivity index (χ2v) is 6.87. The predicted octanol–water partition coefficient (Wildman–Crippen LogP) is 4.15. The van der Waals surface area contributed by atoms with Gasteiger partial charge in [0.2, 0.25) is 0 Å². The minimum absolute atomic E-state index is 0.225. The summed E-state index contributed by atoms with van der Waals surface area (Å²) in [7, 11) is 0. The first-order valence-corrected chi connectivity index (χ1v) is 9.71. The fourth-order valence-corrected chi connectivity index (χ4v) is 2.88. The summed E-state index contributed by atoms with van der Waals surface area (Å²) >= 11 is 5.87. The summed E-state index contributed by atoms with van der Waals surface area (Å²) in [6, 6.07) is 18.0. The second kappa shape index (κ2) is 10.4. The van der Waals surface area contributed by atoms with Gasteiger partial charge in [-0.05, 0) is 42.5 Å². The van der Waals surface area contributed by atoms with Crippen molar-refractivity contribution in [3.63, 3.8) is 0 Å². The van der Waals surface area contributed by atoms with Gasteiger partial charge < -0.3 is 10.6 Å². The van der Waals surface area contributed by atoms with Gasteiger partial charge in [-0.15, -0.1) is 0 Å². The van der Waals surface area contributed by atoms with E-state index in [0.29, 0.717) is 23.1 Å². The number of aryl methyl sites for hydroxylation is 1. The van der Waals surface area contributed by atoms with Crippen molar-refractivity contribution in [1.82, 2.24) is 15.3 Å². The zero-order valence-electron chi connectivity index (χ0n) is 15.6. The van der Waals surface area contributed by atoms with Gasteiger partial charge >= 0.3 is 0 Å². The average molecular weight is 395 g/mol. The number of benzene rings is 2. The summed E-state index contributed by atoms with van der Waals surface area (Å²) in [4.78, 5) is 20.6.